The van der Waals surface area contributed by atoms with Crippen LogP contribution in [0, 0.1) is 27.7 Å². The third-order valence-electron chi connectivity index (χ3n) is 4.11. The molecule has 0 aliphatic heterocycles. The Morgan fingerprint density at radius 1 is 0.690 bits per heavy atom. The summed E-state index contributed by atoms with van der Waals surface area (Å²) in [6.07, 6.45) is 0. The molecule has 0 N–H and O–H groups in total. The highest BCUT2D eigenvalue weighted by Crippen LogP contribution is 2.76. The van der Waals surface area contributed by atoms with E-state index in [0.29, 0.717) is 11.1 Å². The van der Waals surface area contributed by atoms with E-state index in [2.05, 4.69) is 3.63 Å². The molecule has 0 fully saturated rings. The number of benzene rings is 2. The molecule has 0 aromatic heterocycles. The van der Waals surface area contributed by atoms with Gasteiger partial charge in [-0.3, -0.25) is 0 Å². The van der Waals surface area contributed by atoms with E-state index in [0.717, 1.165) is 12.1 Å². The zero-order valence-corrected chi connectivity index (χ0v) is 17.4. The molecule has 0 radical (unpaired) electrons. The second-order valence-corrected chi connectivity index (χ2v) is 10.9. The molecule has 29 heavy (non-hydrogen) atoms. The van der Waals surface area contributed by atoms with Crippen molar-refractivity contribution in [3.05, 3.63) is 58.7 Å². The van der Waals surface area contributed by atoms with E-state index in [4.69, 9.17) is 0 Å². The first-order valence-corrected chi connectivity index (χ1v) is 11.1. The zero-order chi connectivity index (χ0) is 22.4. The fraction of sp³-hybridized carbons (Fsp3) is 0.333. The summed E-state index contributed by atoms with van der Waals surface area (Å²) in [5, 5.41) is 0. The lowest BCUT2D eigenvalue weighted by atomic mass is 10.2. The van der Waals surface area contributed by atoms with E-state index < -0.39 is 41.2 Å². The fourth-order valence-electron chi connectivity index (χ4n) is 2.69. The van der Waals surface area contributed by atoms with Crippen molar-refractivity contribution >= 4 is 20.4 Å². The molecule has 162 valence electrons. The van der Waals surface area contributed by atoms with Gasteiger partial charge in [-0.1, -0.05) is 24.3 Å². The molecule has 0 atom stereocenters. The van der Waals surface area contributed by atoms with Crippen LogP contribution in [0.4, 0.5) is 26.3 Å². The second kappa shape index (κ2) is 7.51. The Morgan fingerprint density at radius 3 is 1.38 bits per heavy atom. The van der Waals surface area contributed by atoms with Crippen LogP contribution in [0.5, 0.6) is 0 Å². The number of hydrogen-bond acceptors (Lipinski definition) is 3. The van der Waals surface area contributed by atoms with Gasteiger partial charge in [-0.05, 0) is 62.1 Å². The van der Waals surface area contributed by atoms with Crippen LogP contribution in [0.15, 0.2) is 46.2 Å². The summed E-state index contributed by atoms with van der Waals surface area (Å²) in [6.45, 7) is 5.42. The topological polar surface area (TPSA) is 43.4 Å². The third-order valence-corrected chi connectivity index (χ3v) is 8.98. The van der Waals surface area contributed by atoms with E-state index in [1.807, 2.05) is 0 Å². The van der Waals surface area contributed by atoms with Gasteiger partial charge in [0, 0.05) is 20.1 Å². The van der Waals surface area contributed by atoms with Crippen LogP contribution in [0.1, 0.15) is 22.3 Å². The zero-order valence-electron chi connectivity index (χ0n) is 15.8. The van der Waals surface area contributed by atoms with E-state index >= 15 is 0 Å². The van der Waals surface area contributed by atoms with Crippen molar-refractivity contribution in [3.8, 4) is 0 Å². The molecule has 0 amide bonds. The van der Waals surface area contributed by atoms with Gasteiger partial charge >= 0.3 is 21.1 Å². The number of rotatable bonds is 4. The normalized spacial score (nSPS) is 14.1. The number of aryl methyl sites for hydroxylation is 4. The molecular weight excluding hydrogens is 442 g/mol. The largest absolute Gasteiger partial charge is 0.523 e. The SMILES string of the molecule is Cc1ccc(C)c(S(OS(=O)(=O)C(F)(F)F)(c2cc(C)ccc2C)C(F)(F)F)c1. The van der Waals surface area contributed by atoms with Crippen LogP contribution >= 0.6 is 10.3 Å². The maximum atomic E-state index is 14.6. The molecule has 3 nitrogen and oxygen atoms in total. The summed E-state index contributed by atoms with van der Waals surface area (Å²) in [6, 6.07) is 7.55. The number of halogens is 6. The first-order chi connectivity index (χ1) is 13.0. The molecule has 0 bridgehead atoms. The van der Waals surface area contributed by atoms with Gasteiger partial charge in [-0.2, -0.15) is 38.4 Å². The summed E-state index contributed by atoms with van der Waals surface area (Å²) >= 11 is 0. The highest BCUT2D eigenvalue weighted by atomic mass is 32.3. The van der Waals surface area contributed by atoms with Crippen molar-refractivity contribution < 1.29 is 38.4 Å². The first-order valence-electron chi connectivity index (χ1n) is 8.09. The van der Waals surface area contributed by atoms with Gasteiger partial charge in [0.2, 0.25) is 0 Å². The van der Waals surface area contributed by atoms with Crippen LogP contribution in [-0.4, -0.2) is 19.4 Å². The van der Waals surface area contributed by atoms with Crippen molar-refractivity contribution in [2.24, 2.45) is 0 Å². The Kier molecular flexibility index (Phi) is 6.10. The van der Waals surface area contributed by atoms with Gasteiger partial charge in [0.15, 0.2) is 0 Å². The lowest BCUT2D eigenvalue weighted by Crippen LogP contribution is -2.33. The second-order valence-electron chi connectivity index (χ2n) is 6.51. The highest BCUT2D eigenvalue weighted by Gasteiger charge is 2.62. The Labute approximate surface area is 166 Å². The van der Waals surface area contributed by atoms with Crippen LogP contribution in [0.3, 0.4) is 0 Å². The van der Waals surface area contributed by atoms with Crippen LogP contribution in [0.2, 0.25) is 0 Å². The molecule has 2 aromatic carbocycles. The van der Waals surface area contributed by atoms with Crippen molar-refractivity contribution in [1.29, 1.82) is 0 Å². The van der Waals surface area contributed by atoms with Crippen molar-refractivity contribution in [2.45, 2.75) is 48.5 Å². The summed E-state index contributed by atoms with van der Waals surface area (Å²) in [5.74, 6) is 0. The molecule has 0 aliphatic rings. The first kappa shape index (κ1) is 23.6. The van der Waals surface area contributed by atoms with Crippen LogP contribution < -0.4 is 0 Å². The molecular formula is C18H18F6O3S2. The summed E-state index contributed by atoms with van der Waals surface area (Å²) < 4.78 is 111. The molecule has 0 aliphatic carbocycles. The van der Waals surface area contributed by atoms with Gasteiger partial charge in [-0.15, -0.1) is 0 Å². The minimum absolute atomic E-state index is 0.0406. The molecule has 0 saturated heterocycles. The molecule has 0 unspecified atom stereocenters. The number of hydrogen-bond donors (Lipinski definition) is 0. The fourth-order valence-corrected chi connectivity index (χ4v) is 7.45. The predicted molar refractivity (Wildman–Crippen MR) is 98.1 cm³/mol. The highest BCUT2D eigenvalue weighted by molar-refractivity contribution is 8.33. The Morgan fingerprint density at radius 2 is 1.07 bits per heavy atom. The van der Waals surface area contributed by atoms with Gasteiger partial charge in [0.05, 0.1) is 0 Å². The van der Waals surface area contributed by atoms with E-state index in [1.54, 1.807) is 0 Å². The van der Waals surface area contributed by atoms with Crippen molar-refractivity contribution in [1.82, 2.24) is 0 Å². The number of alkyl halides is 6. The quantitative estimate of drug-likeness (QED) is 0.389. The minimum Gasteiger partial charge on any atom is -0.196 e. The standard InChI is InChI=1S/C18H18F6O3S2/c1-11-5-7-13(3)15(9-11)28(17(19,20)21,27-29(25,26)18(22,23)24)16-10-12(2)6-8-14(16)4/h5-10H,1-4H3. The van der Waals surface area contributed by atoms with E-state index in [9.17, 15) is 34.8 Å². The Bertz CT molecular complexity index is 975. The molecule has 11 heteroatoms. The van der Waals surface area contributed by atoms with E-state index in [1.165, 1.54) is 52.0 Å². The maximum absolute atomic E-state index is 14.6. The van der Waals surface area contributed by atoms with E-state index in [-0.39, 0.29) is 11.1 Å². The molecule has 0 spiro atoms. The summed E-state index contributed by atoms with van der Waals surface area (Å²) in [5.41, 5.74) is -10.9. The molecule has 0 saturated carbocycles. The minimum atomic E-state index is -6.58. The Hall–Kier alpha value is -1.72. The molecule has 2 aromatic rings. The summed E-state index contributed by atoms with van der Waals surface area (Å²) in [4.78, 5) is -1.29. The van der Waals surface area contributed by atoms with Gasteiger partial charge in [-0.25, -0.2) is 0 Å². The average Bonchev–Trinajstić information content (AvgIpc) is 2.55. The lowest BCUT2D eigenvalue weighted by molar-refractivity contribution is -0.0551. The van der Waals surface area contributed by atoms with Gasteiger partial charge in [0.25, 0.3) is 0 Å². The molecule has 2 rings (SSSR count). The van der Waals surface area contributed by atoms with Crippen LogP contribution in [0.25, 0.3) is 0 Å². The monoisotopic (exact) mass is 460 g/mol. The van der Waals surface area contributed by atoms with Crippen LogP contribution in [-0.2, 0) is 13.7 Å². The Balaban J connectivity index is 3.07. The van der Waals surface area contributed by atoms with Crippen molar-refractivity contribution in [3.63, 3.8) is 0 Å². The van der Waals surface area contributed by atoms with Gasteiger partial charge < -0.3 is 0 Å². The van der Waals surface area contributed by atoms with Gasteiger partial charge in [0.1, 0.15) is 0 Å². The third kappa shape index (κ3) is 4.26. The smallest absolute Gasteiger partial charge is 0.196 e. The van der Waals surface area contributed by atoms with Crippen molar-refractivity contribution in [2.75, 3.05) is 0 Å². The summed E-state index contributed by atoms with van der Waals surface area (Å²) in [7, 11) is -11.7. The predicted octanol–water partition coefficient (Wildman–Crippen LogP) is 6.44. The maximum Gasteiger partial charge on any atom is 0.523 e. The lowest BCUT2D eigenvalue weighted by Gasteiger charge is -2.42. The molecule has 0 heterocycles. The average molecular weight is 460 g/mol.